The number of carbonyl (C=O) groups is 1. The SMILES string of the molecule is CC1(C)CCC(=O)N(Cc2ccc(C#CCO)s2)CC1. The largest absolute Gasteiger partial charge is 0.384 e. The molecule has 3 nitrogen and oxygen atoms in total. The zero-order valence-corrected chi connectivity index (χ0v) is 12.9. The van der Waals surface area contributed by atoms with Gasteiger partial charge < -0.3 is 10.0 Å². The van der Waals surface area contributed by atoms with Crippen LogP contribution in [0.5, 0.6) is 0 Å². The van der Waals surface area contributed by atoms with Crippen molar-refractivity contribution in [2.75, 3.05) is 13.2 Å². The highest BCUT2D eigenvalue weighted by Gasteiger charge is 2.27. The number of nitrogens with zero attached hydrogens (tertiary/aromatic N) is 1. The summed E-state index contributed by atoms with van der Waals surface area (Å²) in [5.41, 5.74) is 0.262. The molecule has 1 aromatic heterocycles. The number of likely N-dealkylation sites (tertiary alicyclic amines) is 1. The molecule has 0 radical (unpaired) electrons. The summed E-state index contributed by atoms with van der Waals surface area (Å²) in [5.74, 6) is 5.81. The van der Waals surface area contributed by atoms with E-state index in [9.17, 15) is 4.79 Å². The molecule has 2 heterocycles. The molecule has 1 N–H and O–H groups in total. The van der Waals surface area contributed by atoms with Gasteiger partial charge in [-0.05, 0) is 30.4 Å². The summed E-state index contributed by atoms with van der Waals surface area (Å²) in [5, 5.41) is 8.69. The van der Waals surface area contributed by atoms with Crippen molar-refractivity contribution in [1.29, 1.82) is 0 Å². The van der Waals surface area contributed by atoms with Gasteiger partial charge in [-0.3, -0.25) is 4.79 Å². The smallest absolute Gasteiger partial charge is 0.222 e. The predicted molar refractivity (Wildman–Crippen MR) is 81.3 cm³/mol. The fraction of sp³-hybridized carbons (Fsp3) is 0.562. The third-order valence-electron chi connectivity index (χ3n) is 3.73. The minimum Gasteiger partial charge on any atom is -0.384 e. The predicted octanol–water partition coefficient (Wildman–Crippen LogP) is 2.63. The second-order valence-electron chi connectivity index (χ2n) is 5.96. The number of amides is 1. The number of aliphatic hydroxyl groups excluding tert-OH is 1. The number of aliphatic hydroxyl groups is 1. The third kappa shape index (κ3) is 4.09. The van der Waals surface area contributed by atoms with Gasteiger partial charge in [-0.1, -0.05) is 25.7 Å². The molecule has 2 rings (SSSR count). The highest BCUT2D eigenvalue weighted by atomic mass is 32.1. The second kappa shape index (κ2) is 6.43. The monoisotopic (exact) mass is 291 g/mol. The number of thiophene rings is 1. The van der Waals surface area contributed by atoms with E-state index >= 15 is 0 Å². The van der Waals surface area contributed by atoms with E-state index in [1.54, 1.807) is 11.3 Å². The summed E-state index contributed by atoms with van der Waals surface area (Å²) in [6.07, 6.45) is 2.68. The summed E-state index contributed by atoms with van der Waals surface area (Å²) >= 11 is 1.60. The van der Waals surface area contributed by atoms with Gasteiger partial charge in [-0.15, -0.1) is 11.3 Å². The van der Waals surface area contributed by atoms with Crippen molar-refractivity contribution in [1.82, 2.24) is 4.90 Å². The number of hydrogen-bond acceptors (Lipinski definition) is 3. The first-order chi connectivity index (χ1) is 9.50. The Kier molecular flexibility index (Phi) is 4.85. The fourth-order valence-electron chi connectivity index (χ4n) is 2.30. The lowest BCUT2D eigenvalue weighted by Gasteiger charge is -2.23. The van der Waals surface area contributed by atoms with Crippen LogP contribution >= 0.6 is 11.3 Å². The molecule has 1 aliphatic heterocycles. The molecule has 1 saturated heterocycles. The molecule has 20 heavy (non-hydrogen) atoms. The molecule has 0 atom stereocenters. The molecule has 1 aliphatic rings. The first kappa shape index (κ1) is 15.1. The van der Waals surface area contributed by atoms with Gasteiger partial charge in [0.2, 0.25) is 5.91 Å². The summed E-state index contributed by atoms with van der Waals surface area (Å²) in [6.45, 7) is 5.86. The first-order valence-electron chi connectivity index (χ1n) is 6.96. The van der Waals surface area contributed by atoms with Gasteiger partial charge >= 0.3 is 0 Å². The molecule has 1 aromatic rings. The van der Waals surface area contributed by atoms with Crippen molar-refractivity contribution < 1.29 is 9.90 Å². The molecule has 1 amide bonds. The standard InChI is InChI=1S/C16H21NO2S/c1-16(2)8-7-15(19)17(10-9-16)12-14-6-5-13(20-14)4-3-11-18/h5-6,18H,7-12H2,1-2H3. The van der Waals surface area contributed by atoms with Gasteiger partial charge in [0.15, 0.2) is 0 Å². The molecule has 0 aliphatic carbocycles. The summed E-state index contributed by atoms with van der Waals surface area (Å²) in [6, 6.07) is 3.98. The van der Waals surface area contributed by atoms with Crippen LogP contribution in [0, 0.1) is 17.3 Å². The normalized spacial score (nSPS) is 18.4. The van der Waals surface area contributed by atoms with Gasteiger partial charge in [-0.2, -0.15) is 0 Å². The van der Waals surface area contributed by atoms with Gasteiger partial charge in [0, 0.05) is 17.8 Å². The van der Waals surface area contributed by atoms with Crippen LogP contribution < -0.4 is 0 Å². The minimum absolute atomic E-state index is 0.118. The molecular weight excluding hydrogens is 270 g/mol. The summed E-state index contributed by atoms with van der Waals surface area (Å²) < 4.78 is 0. The van der Waals surface area contributed by atoms with Crippen molar-refractivity contribution in [3.63, 3.8) is 0 Å². The maximum atomic E-state index is 12.2. The Balaban J connectivity index is 2.01. The Bertz CT molecular complexity index is 536. The average molecular weight is 291 g/mol. The van der Waals surface area contributed by atoms with E-state index in [1.165, 1.54) is 0 Å². The van der Waals surface area contributed by atoms with E-state index in [-0.39, 0.29) is 17.9 Å². The summed E-state index contributed by atoms with van der Waals surface area (Å²) in [4.78, 5) is 16.2. The fourth-order valence-corrected chi connectivity index (χ4v) is 3.20. The topological polar surface area (TPSA) is 40.5 Å². The summed E-state index contributed by atoms with van der Waals surface area (Å²) in [7, 11) is 0. The van der Waals surface area contributed by atoms with Gasteiger partial charge in [0.25, 0.3) is 0 Å². The van der Waals surface area contributed by atoms with Crippen molar-refractivity contribution in [3.8, 4) is 11.8 Å². The Hall–Kier alpha value is -1.31. The molecule has 0 aromatic carbocycles. The van der Waals surface area contributed by atoms with E-state index in [0.717, 1.165) is 29.1 Å². The molecule has 0 bridgehead atoms. The zero-order valence-electron chi connectivity index (χ0n) is 12.1. The Morgan fingerprint density at radius 1 is 1.40 bits per heavy atom. The van der Waals surface area contributed by atoms with Crippen LogP contribution in [0.15, 0.2) is 12.1 Å². The minimum atomic E-state index is -0.118. The van der Waals surface area contributed by atoms with E-state index < -0.39 is 0 Å². The van der Waals surface area contributed by atoms with E-state index in [0.29, 0.717) is 13.0 Å². The van der Waals surface area contributed by atoms with E-state index in [1.807, 2.05) is 17.0 Å². The lowest BCUT2D eigenvalue weighted by atomic mass is 9.85. The van der Waals surface area contributed by atoms with E-state index in [2.05, 4.69) is 25.7 Å². The van der Waals surface area contributed by atoms with Crippen LogP contribution in [0.25, 0.3) is 0 Å². The molecular formula is C16H21NO2S. The molecule has 4 heteroatoms. The van der Waals surface area contributed by atoms with Crippen LogP contribution in [0.4, 0.5) is 0 Å². The number of hydrogen-bond donors (Lipinski definition) is 1. The molecule has 0 spiro atoms. The zero-order chi connectivity index (χ0) is 14.6. The van der Waals surface area contributed by atoms with E-state index in [4.69, 9.17) is 5.11 Å². The van der Waals surface area contributed by atoms with Crippen LogP contribution in [-0.4, -0.2) is 29.1 Å². The Morgan fingerprint density at radius 2 is 2.20 bits per heavy atom. The van der Waals surface area contributed by atoms with Gasteiger partial charge in [-0.25, -0.2) is 0 Å². The lowest BCUT2D eigenvalue weighted by Crippen LogP contribution is -2.29. The van der Waals surface area contributed by atoms with Crippen LogP contribution in [0.2, 0.25) is 0 Å². The maximum absolute atomic E-state index is 12.2. The second-order valence-corrected chi connectivity index (χ2v) is 7.12. The highest BCUT2D eigenvalue weighted by Crippen LogP contribution is 2.31. The van der Waals surface area contributed by atoms with Crippen molar-refractivity contribution in [3.05, 3.63) is 21.9 Å². The van der Waals surface area contributed by atoms with Crippen LogP contribution in [-0.2, 0) is 11.3 Å². The molecule has 108 valence electrons. The molecule has 0 saturated carbocycles. The molecule has 1 fully saturated rings. The Labute approximate surface area is 124 Å². The van der Waals surface area contributed by atoms with Crippen LogP contribution in [0.1, 0.15) is 42.9 Å². The first-order valence-corrected chi connectivity index (χ1v) is 7.78. The van der Waals surface area contributed by atoms with Crippen LogP contribution in [0.3, 0.4) is 0 Å². The van der Waals surface area contributed by atoms with Crippen molar-refractivity contribution >= 4 is 17.2 Å². The number of carbonyl (C=O) groups excluding carboxylic acids is 1. The quantitative estimate of drug-likeness (QED) is 0.851. The third-order valence-corrected chi connectivity index (χ3v) is 4.71. The van der Waals surface area contributed by atoms with Crippen molar-refractivity contribution in [2.24, 2.45) is 5.41 Å². The van der Waals surface area contributed by atoms with Gasteiger partial charge in [0.05, 0.1) is 11.4 Å². The maximum Gasteiger partial charge on any atom is 0.222 e. The van der Waals surface area contributed by atoms with Crippen molar-refractivity contribution in [2.45, 2.75) is 39.7 Å². The Morgan fingerprint density at radius 3 is 2.95 bits per heavy atom. The molecule has 0 unspecified atom stereocenters. The lowest BCUT2D eigenvalue weighted by molar-refractivity contribution is -0.131. The number of rotatable bonds is 2. The highest BCUT2D eigenvalue weighted by molar-refractivity contribution is 7.12. The average Bonchev–Trinajstić information content (AvgIpc) is 2.81. The van der Waals surface area contributed by atoms with Gasteiger partial charge in [0.1, 0.15) is 6.61 Å².